The maximum atomic E-state index is 15.4. The van der Waals surface area contributed by atoms with Crippen LogP contribution in [0.2, 0.25) is 0 Å². The summed E-state index contributed by atoms with van der Waals surface area (Å²) in [6.07, 6.45) is 5.67. The Kier molecular flexibility index (Phi) is 6.70. The van der Waals surface area contributed by atoms with Crippen LogP contribution in [0.3, 0.4) is 0 Å². The molecule has 2 bridgehead atoms. The van der Waals surface area contributed by atoms with Crippen LogP contribution in [0.5, 0.6) is 11.5 Å². The molecule has 2 aromatic rings. The summed E-state index contributed by atoms with van der Waals surface area (Å²) in [4.78, 5) is 22.3. The number of likely N-dealkylation sites (tertiary alicyclic amines) is 1. The predicted octanol–water partition coefficient (Wildman–Crippen LogP) is 4.09. The van der Waals surface area contributed by atoms with Gasteiger partial charge in [-0.05, 0) is 49.3 Å². The number of carbonyl (C=O) groups is 1. The van der Waals surface area contributed by atoms with Crippen LogP contribution >= 0.6 is 0 Å². The van der Waals surface area contributed by atoms with Gasteiger partial charge in [-0.2, -0.15) is 9.49 Å². The number of hydrazone groups is 1. The van der Waals surface area contributed by atoms with Gasteiger partial charge in [0.2, 0.25) is 17.5 Å². The van der Waals surface area contributed by atoms with Gasteiger partial charge in [0.25, 0.3) is 0 Å². The van der Waals surface area contributed by atoms with Gasteiger partial charge in [-0.1, -0.05) is 6.58 Å². The van der Waals surface area contributed by atoms with Crippen molar-refractivity contribution >= 4 is 23.8 Å². The van der Waals surface area contributed by atoms with E-state index in [4.69, 9.17) is 15.6 Å². The van der Waals surface area contributed by atoms with Crippen molar-refractivity contribution in [2.24, 2.45) is 26.7 Å². The smallest absolute Gasteiger partial charge is 0.246 e. The van der Waals surface area contributed by atoms with Crippen LogP contribution in [0.1, 0.15) is 18.4 Å². The molecule has 12 heteroatoms. The quantitative estimate of drug-likeness (QED) is 0.361. The minimum Gasteiger partial charge on any atom is -0.451 e. The highest BCUT2D eigenvalue weighted by molar-refractivity contribution is 6.17. The lowest BCUT2D eigenvalue weighted by Crippen LogP contribution is -2.49. The van der Waals surface area contributed by atoms with E-state index in [1.54, 1.807) is 16.0 Å². The van der Waals surface area contributed by atoms with Crippen LogP contribution in [0.25, 0.3) is 0 Å². The molecule has 1 amide bonds. The molecule has 0 saturated carbocycles. The van der Waals surface area contributed by atoms with E-state index in [2.05, 4.69) is 16.6 Å². The van der Waals surface area contributed by atoms with Crippen molar-refractivity contribution in [3.8, 4) is 11.5 Å². The molecule has 2 aromatic carbocycles. The first-order valence-electron chi connectivity index (χ1n) is 11.7. The van der Waals surface area contributed by atoms with E-state index in [1.165, 1.54) is 24.5 Å². The number of hydrogen-bond donors (Lipinski definition) is 1. The fraction of sp³-hybridized carbons (Fsp3) is 0.231. The number of rotatable bonds is 5. The molecular formula is C26H22F4N6O2. The van der Waals surface area contributed by atoms with E-state index < -0.39 is 34.9 Å². The van der Waals surface area contributed by atoms with Gasteiger partial charge in [0, 0.05) is 24.7 Å². The molecule has 3 aliphatic heterocycles. The third-order valence-electron chi connectivity index (χ3n) is 6.44. The number of fused-ring (bicyclic) bond motifs is 1. The molecule has 2 N–H and O–H groups in total. The van der Waals surface area contributed by atoms with Gasteiger partial charge in [0.05, 0.1) is 17.7 Å². The minimum atomic E-state index is -1.53. The maximum absolute atomic E-state index is 15.4. The molecule has 3 heterocycles. The van der Waals surface area contributed by atoms with E-state index >= 15 is 4.39 Å². The minimum absolute atomic E-state index is 0.0396. The number of halogens is 4. The third-order valence-corrected chi connectivity index (χ3v) is 6.44. The number of nitrogens with two attached hydrogens (primary N) is 1. The third kappa shape index (κ3) is 4.64. The first-order chi connectivity index (χ1) is 18.3. The molecule has 0 radical (unpaired) electrons. The Hall–Kier alpha value is -4.48. The predicted molar refractivity (Wildman–Crippen MR) is 133 cm³/mol. The molecule has 0 spiro atoms. The average Bonchev–Trinajstić information content (AvgIpc) is 3.08. The zero-order valence-corrected chi connectivity index (χ0v) is 20.0. The van der Waals surface area contributed by atoms with E-state index in [0.717, 1.165) is 12.5 Å². The molecule has 196 valence electrons. The molecule has 2 atom stereocenters. The van der Waals surface area contributed by atoms with Crippen LogP contribution in [0.4, 0.5) is 17.6 Å². The Morgan fingerprint density at radius 3 is 2.68 bits per heavy atom. The van der Waals surface area contributed by atoms with Crippen molar-refractivity contribution in [1.82, 2.24) is 9.91 Å². The molecule has 0 aliphatic carbocycles. The van der Waals surface area contributed by atoms with E-state index in [9.17, 15) is 18.0 Å². The average molecular weight is 526 g/mol. The number of nitrogens with zero attached hydrogens (tertiary/aromatic N) is 5. The summed E-state index contributed by atoms with van der Waals surface area (Å²) >= 11 is 0. The molecule has 2 unspecified atom stereocenters. The lowest BCUT2D eigenvalue weighted by molar-refractivity contribution is -0.127. The Balaban J connectivity index is 1.49. The van der Waals surface area contributed by atoms with Crippen molar-refractivity contribution in [1.29, 1.82) is 0 Å². The second kappa shape index (κ2) is 10.1. The van der Waals surface area contributed by atoms with Gasteiger partial charge in [0.1, 0.15) is 29.6 Å². The molecular weight excluding hydrogens is 504 g/mol. The van der Waals surface area contributed by atoms with Crippen LogP contribution in [0.15, 0.2) is 70.0 Å². The van der Waals surface area contributed by atoms with Crippen molar-refractivity contribution in [3.05, 3.63) is 83.7 Å². The fourth-order valence-corrected chi connectivity index (χ4v) is 4.56. The van der Waals surface area contributed by atoms with Gasteiger partial charge < -0.3 is 15.4 Å². The van der Waals surface area contributed by atoms with E-state index in [1.807, 2.05) is 0 Å². The largest absolute Gasteiger partial charge is 0.451 e. The first kappa shape index (κ1) is 25.2. The van der Waals surface area contributed by atoms with Crippen LogP contribution in [-0.2, 0) is 4.79 Å². The summed E-state index contributed by atoms with van der Waals surface area (Å²) in [5.41, 5.74) is 6.39. The number of benzene rings is 2. The Morgan fingerprint density at radius 2 is 1.92 bits per heavy atom. The summed E-state index contributed by atoms with van der Waals surface area (Å²) in [6, 6.07) is 4.59. The molecule has 38 heavy (non-hydrogen) atoms. The van der Waals surface area contributed by atoms with Crippen molar-refractivity contribution in [2.45, 2.75) is 18.9 Å². The SMILES string of the molecule is C=CC(=O)N1CCCC(N2N=C(c3ccc(Oc4c(F)ccc(F)c4F)cc3F)C3C=C2N=CN=C3N)C1. The normalized spacial score (nSPS) is 20.8. The highest BCUT2D eigenvalue weighted by atomic mass is 19.2. The molecule has 1 fully saturated rings. The topological polar surface area (TPSA) is 95.9 Å². The second-order valence-electron chi connectivity index (χ2n) is 8.83. The van der Waals surface area contributed by atoms with Crippen LogP contribution in [0, 0.1) is 29.2 Å². The Labute approximate surface area is 215 Å². The molecule has 0 aromatic heterocycles. The van der Waals surface area contributed by atoms with Crippen LogP contribution < -0.4 is 10.5 Å². The highest BCUT2D eigenvalue weighted by Crippen LogP contribution is 2.33. The molecule has 5 rings (SSSR count). The summed E-state index contributed by atoms with van der Waals surface area (Å²) in [5.74, 6) is -6.36. The number of amides is 1. The zero-order chi connectivity index (χ0) is 27.0. The Bertz CT molecular complexity index is 1440. The number of piperidine rings is 1. The van der Waals surface area contributed by atoms with Crippen molar-refractivity contribution in [2.75, 3.05) is 13.1 Å². The zero-order valence-electron chi connectivity index (χ0n) is 20.0. The van der Waals surface area contributed by atoms with Gasteiger partial charge in [0.15, 0.2) is 11.6 Å². The lowest BCUT2D eigenvalue weighted by Gasteiger charge is -2.39. The number of amidine groups is 1. The molecule has 8 nitrogen and oxygen atoms in total. The fourth-order valence-electron chi connectivity index (χ4n) is 4.56. The summed E-state index contributed by atoms with van der Waals surface area (Å²) in [5, 5.41) is 6.32. The van der Waals surface area contributed by atoms with Crippen LogP contribution in [-0.4, -0.2) is 52.8 Å². The monoisotopic (exact) mass is 526 g/mol. The standard InChI is InChI=1S/C26H22F4N6O2/c1-2-22(37)35-9-3-4-14(12-35)36-21-11-17(26(31)33-13-32-21)24(34-36)16-6-5-15(10-20(16)29)38-25-19(28)8-7-18(27)23(25)30/h2,5-8,10-11,13-14,17H,1,3-4,9,12H2,(H2,31,32,33). The van der Waals surface area contributed by atoms with Gasteiger partial charge in [-0.25, -0.2) is 28.2 Å². The maximum Gasteiger partial charge on any atom is 0.246 e. The summed E-state index contributed by atoms with van der Waals surface area (Å²) < 4.78 is 62.1. The van der Waals surface area contributed by atoms with Gasteiger partial charge in [-0.15, -0.1) is 0 Å². The first-order valence-corrected chi connectivity index (χ1v) is 11.7. The van der Waals surface area contributed by atoms with Gasteiger partial charge >= 0.3 is 0 Å². The number of hydrogen-bond acceptors (Lipinski definition) is 7. The van der Waals surface area contributed by atoms with E-state index in [0.29, 0.717) is 37.5 Å². The number of carbonyl (C=O) groups excluding carboxylic acids is 1. The van der Waals surface area contributed by atoms with Crippen molar-refractivity contribution < 1.29 is 27.1 Å². The van der Waals surface area contributed by atoms with Crippen molar-refractivity contribution in [3.63, 3.8) is 0 Å². The highest BCUT2D eigenvalue weighted by Gasteiger charge is 2.35. The summed E-state index contributed by atoms with van der Waals surface area (Å²) in [7, 11) is 0. The van der Waals surface area contributed by atoms with E-state index in [-0.39, 0.29) is 34.8 Å². The number of aliphatic imine (C=N–C) groups is 2. The molecule has 1 saturated heterocycles. The summed E-state index contributed by atoms with van der Waals surface area (Å²) in [6.45, 7) is 4.48. The second-order valence-corrected chi connectivity index (χ2v) is 8.83. The van der Waals surface area contributed by atoms with Gasteiger partial charge in [-0.3, -0.25) is 4.79 Å². The molecule has 3 aliphatic rings. The number of ether oxygens (including phenoxy) is 1. The lowest BCUT2D eigenvalue weighted by atomic mass is 9.93. The Morgan fingerprint density at radius 1 is 1.13 bits per heavy atom.